The van der Waals surface area contributed by atoms with Crippen molar-refractivity contribution in [3.8, 4) is 11.5 Å². The van der Waals surface area contributed by atoms with Crippen LogP contribution in [0.3, 0.4) is 0 Å². The van der Waals surface area contributed by atoms with Gasteiger partial charge in [0, 0.05) is 18.0 Å². The first-order chi connectivity index (χ1) is 10.6. The third kappa shape index (κ3) is 3.19. The first kappa shape index (κ1) is 15.4. The lowest BCUT2D eigenvalue weighted by molar-refractivity contribution is 0.250. The molecule has 1 aromatic heterocycles. The van der Waals surface area contributed by atoms with Crippen molar-refractivity contribution in [2.24, 2.45) is 5.73 Å². The van der Waals surface area contributed by atoms with Crippen molar-refractivity contribution in [1.82, 2.24) is 15.4 Å². The molecule has 118 valence electrons. The molecule has 2 rings (SSSR count). The third-order valence-corrected chi connectivity index (χ3v) is 2.84. The Hall–Kier alpha value is -2.97. The normalized spacial score (nSPS) is 10.1. The maximum Gasteiger partial charge on any atom is 0.330 e. The Morgan fingerprint density at radius 3 is 2.50 bits per heavy atom. The molecular formula is C13H18N6O3. The van der Waals surface area contributed by atoms with E-state index in [9.17, 15) is 4.79 Å². The van der Waals surface area contributed by atoms with Crippen molar-refractivity contribution in [3.63, 3.8) is 0 Å². The number of nitrogens with zero attached hydrogens (tertiary/aromatic N) is 2. The van der Waals surface area contributed by atoms with Gasteiger partial charge in [-0.2, -0.15) is 4.98 Å². The summed E-state index contributed by atoms with van der Waals surface area (Å²) < 4.78 is 10.5. The molecule has 22 heavy (non-hydrogen) atoms. The smallest absolute Gasteiger partial charge is 0.330 e. The molecule has 0 spiro atoms. The summed E-state index contributed by atoms with van der Waals surface area (Å²) in [6.07, 6.45) is 0. The summed E-state index contributed by atoms with van der Waals surface area (Å²) in [5.74, 6) is 1.87. The van der Waals surface area contributed by atoms with E-state index in [0.717, 1.165) is 0 Å². The molecule has 0 bridgehead atoms. The van der Waals surface area contributed by atoms with Gasteiger partial charge in [0.1, 0.15) is 0 Å². The van der Waals surface area contributed by atoms with E-state index in [-0.39, 0.29) is 0 Å². The predicted molar refractivity (Wildman–Crippen MR) is 83.1 cm³/mol. The quantitative estimate of drug-likeness (QED) is 0.589. The fourth-order valence-electron chi connectivity index (χ4n) is 1.91. The standard InChI is InChI=1S/C13H18N6O3/c1-4-15-13-16-8-6-10(22-3)9(21-2)5-7(8)11(17-13)18-19-12(14)20/h5-6H,4H2,1-3H3,(H3,14,19,20)(H2,15,16,17,18). The molecule has 0 saturated heterocycles. The van der Waals surface area contributed by atoms with Gasteiger partial charge in [-0.05, 0) is 13.0 Å². The van der Waals surface area contributed by atoms with Crippen molar-refractivity contribution in [2.75, 3.05) is 31.5 Å². The number of hydrogen-bond donors (Lipinski definition) is 4. The van der Waals surface area contributed by atoms with Gasteiger partial charge in [-0.3, -0.25) is 10.9 Å². The molecule has 0 saturated carbocycles. The van der Waals surface area contributed by atoms with Crippen molar-refractivity contribution >= 4 is 28.7 Å². The minimum atomic E-state index is -0.725. The molecule has 9 nitrogen and oxygen atoms in total. The van der Waals surface area contributed by atoms with Crippen LogP contribution in [0.1, 0.15) is 6.92 Å². The maximum absolute atomic E-state index is 10.9. The molecule has 9 heteroatoms. The Labute approximate surface area is 127 Å². The van der Waals surface area contributed by atoms with Gasteiger partial charge >= 0.3 is 6.03 Å². The van der Waals surface area contributed by atoms with Crippen molar-refractivity contribution in [2.45, 2.75) is 6.92 Å². The Kier molecular flexibility index (Phi) is 4.66. The van der Waals surface area contributed by atoms with Gasteiger partial charge < -0.3 is 20.5 Å². The van der Waals surface area contributed by atoms with Crippen molar-refractivity contribution in [1.29, 1.82) is 0 Å². The number of primary amides is 1. The Morgan fingerprint density at radius 1 is 1.23 bits per heavy atom. The molecule has 5 N–H and O–H groups in total. The van der Waals surface area contributed by atoms with Crippen LogP contribution in [0.5, 0.6) is 11.5 Å². The van der Waals surface area contributed by atoms with Crippen molar-refractivity contribution < 1.29 is 14.3 Å². The zero-order valence-corrected chi connectivity index (χ0v) is 12.6. The first-order valence-electron chi connectivity index (χ1n) is 6.58. The molecule has 2 amide bonds. The lowest BCUT2D eigenvalue weighted by Gasteiger charge is -2.14. The number of hydrazine groups is 1. The van der Waals surface area contributed by atoms with Gasteiger partial charge in [0.05, 0.1) is 19.7 Å². The molecular weight excluding hydrogens is 288 g/mol. The number of carbonyl (C=O) groups is 1. The summed E-state index contributed by atoms with van der Waals surface area (Å²) >= 11 is 0. The highest BCUT2D eigenvalue weighted by molar-refractivity contribution is 5.93. The molecule has 0 unspecified atom stereocenters. The molecule has 2 aromatic rings. The summed E-state index contributed by atoms with van der Waals surface area (Å²) in [5, 5.41) is 3.66. The molecule has 0 fully saturated rings. The summed E-state index contributed by atoms with van der Waals surface area (Å²) in [7, 11) is 3.08. The summed E-state index contributed by atoms with van der Waals surface area (Å²) in [4.78, 5) is 19.6. The summed E-state index contributed by atoms with van der Waals surface area (Å²) in [6.45, 7) is 2.58. The van der Waals surface area contributed by atoms with E-state index < -0.39 is 6.03 Å². The fraction of sp³-hybridized carbons (Fsp3) is 0.308. The number of urea groups is 1. The molecule has 1 aromatic carbocycles. The number of methoxy groups -OCH3 is 2. The number of ether oxygens (including phenoxy) is 2. The van der Waals surface area contributed by atoms with Gasteiger partial charge in [-0.1, -0.05) is 0 Å². The predicted octanol–water partition coefficient (Wildman–Crippen LogP) is 1.07. The summed E-state index contributed by atoms with van der Waals surface area (Å²) in [6, 6.07) is 2.72. The van der Waals surface area contributed by atoms with Gasteiger partial charge in [0.25, 0.3) is 0 Å². The molecule has 0 aliphatic carbocycles. The lowest BCUT2D eigenvalue weighted by atomic mass is 10.2. The number of nitrogens with one attached hydrogen (secondary N) is 3. The van der Waals surface area contributed by atoms with E-state index >= 15 is 0 Å². The highest BCUT2D eigenvalue weighted by Gasteiger charge is 2.13. The number of benzene rings is 1. The number of amides is 2. The van der Waals surface area contributed by atoms with Gasteiger partial charge in [-0.25, -0.2) is 9.78 Å². The van der Waals surface area contributed by atoms with Gasteiger partial charge in [0.2, 0.25) is 5.95 Å². The minimum Gasteiger partial charge on any atom is -0.493 e. The van der Waals surface area contributed by atoms with Crippen LogP contribution in [0, 0.1) is 0 Å². The number of fused-ring (bicyclic) bond motifs is 1. The molecule has 0 aliphatic heterocycles. The van der Waals surface area contributed by atoms with Crippen molar-refractivity contribution in [3.05, 3.63) is 12.1 Å². The lowest BCUT2D eigenvalue weighted by Crippen LogP contribution is -2.34. The van der Waals surface area contributed by atoms with Gasteiger partial charge in [-0.15, -0.1) is 0 Å². The highest BCUT2D eigenvalue weighted by atomic mass is 16.5. The number of aromatic nitrogens is 2. The second-order valence-electron chi connectivity index (χ2n) is 4.26. The zero-order chi connectivity index (χ0) is 16.1. The van der Waals surface area contributed by atoms with E-state index in [0.29, 0.717) is 40.7 Å². The van der Waals surface area contributed by atoms with Crippen LogP contribution >= 0.6 is 0 Å². The van der Waals surface area contributed by atoms with Crippen LogP contribution in [0.2, 0.25) is 0 Å². The molecule has 0 radical (unpaired) electrons. The molecule has 0 atom stereocenters. The number of anilines is 2. The molecule has 0 aliphatic rings. The van der Waals surface area contributed by atoms with E-state index in [1.165, 1.54) is 7.11 Å². The third-order valence-electron chi connectivity index (χ3n) is 2.84. The second-order valence-corrected chi connectivity index (χ2v) is 4.26. The average molecular weight is 306 g/mol. The van der Waals surface area contributed by atoms with Crippen LogP contribution in [0.4, 0.5) is 16.6 Å². The minimum absolute atomic E-state index is 0.390. The largest absolute Gasteiger partial charge is 0.493 e. The SMILES string of the molecule is CCNc1nc(NNC(N)=O)c2cc(OC)c(OC)cc2n1. The maximum atomic E-state index is 10.9. The number of carbonyl (C=O) groups excluding carboxylic acids is 1. The van der Waals surface area contributed by atoms with E-state index in [2.05, 4.69) is 26.1 Å². The van der Waals surface area contributed by atoms with Crippen LogP contribution in [0.15, 0.2) is 12.1 Å². The summed E-state index contributed by atoms with van der Waals surface area (Å²) in [5.41, 5.74) is 10.6. The number of hydrogen-bond acceptors (Lipinski definition) is 7. The van der Waals surface area contributed by atoms with E-state index in [1.807, 2.05) is 6.92 Å². The monoisotopic (exact) mass is 306 g/mol. The number of rotatable bonds is 6. The first-order valence-corrected chi connectivity index (χ1v) is 6.58. The highest BCUT2D eigenvalue weighted by Crippen LogP contribution is 2.34. The van der Waals surface area contributed by atoms with Crippen LogP contribution in [-0.4, -0.2) is 36.8 Å². The molecule has 1 heterocycles. The Bertz CT molecular complexity index is 691. The average Bonchev–Trinajstić information content (AvgIpc) is 2.51. The van der Waals surface area contributed by atoms with E-state index in [1.54, 1.807) is 19.2 Å². The fourth-order valence-corrected chi connectivity index (χ4v) is 1.91. The van der Waals surface area contributed by atoms with Crippen LogP contribution < -0.4 is 31.4 Å². The topological polar surface area (TPSA) is 123 Å². The zero-order valence-electron chi connectivity index (χ0n) is 12.6. The second kappa shape index (κ2) is 6.66. The number of nitrogens with two attached hydrogens (primary N) is 1. The van der Waals surface area contributed by atoms with Crippen LogP contribution in [-0.2, 0) is 0 Å². The van der Waals surface area contributed by atoms with Crippen LogP contribution in [0.25, 0.3) is 10.9 Å². The van der Waals surface area contributed by atoms with E-state index in [4.69, 9.17) is 15.2 Å². The van der Waals surface area contributed by atoms with Gasteiger partial charge in [0.15, 0.2) is 17.3 Å². The Morgan fingerprint density at radius 2 is 1.91 bits per heavy atom. The Balaban J connectivity index is 2.59.